The van der Waals surface area contributed by atoms with Gasteiger partial charge in [0.05, 0.1) is 13.1 Å². The van der Waals surface area contributed by atoms with Crippen LogP contribution in [0.3, 0.4) is 0 Å². The van der Waals surface area contributed by atoms with Gasteiger partial charge in [0.1, 0.15) is 18.0 Å². The summed E-state index contributed by atoms with van der Waals surface area (Å²) in [4.78, 5) is 17.0. The first-order chi connectivity index (χ1) is 15.2. The van der Waals surface area contributed by atoms with Gasteiger partial charge < -0.3 is 25.4 Å². The van der Waals surface area contributed by atoms with E-state index in [1.54, 1.807) is 0 Å². The maximum absolute atomic E-state index is 12.3. The van der Waals surface area contributed by atoms with Gasteiger partial charge in [-0.05, 0) is 49.1 Å². The molecule has 2 atom stereocenters. The summed E-state index contributed by atoms with van der Waals surface area (Å²) in [7, 11) is 0. The number of ether oxygens (including phenoxy) is 2. The largest absolute Gasteiger partial charge is 0.488 e. The highest BCUT2D eigenvalue weighted by Gasteiger charge is 2.24. The van der Waals surface area contributed by atoms with E-state index in [9.17, 15) is 4.79 Å². The molecular weight excluding hydrogens is 519 g/mol. The normalized spacial score (nSPS) is 19.5. The number of amides is 1. The Morgan fingerprint density at radius 2 is 2.03 bits per heavy atom. The van der Waals surface area contributed by atoms with Crippen LogP contribution in [0.5, 0.6) is 5.75 Å². The fraction of sp³-hybridized carbons (Fsp3) is 0.417. The second-order valence-electron chi connectivity index (χ2n) is 7.82. The Hall–Kier alpha value is -2.33. The lowest BCUT2D eigenvalue weighted by Crippen LogP contribution is -2.42. The molecule has 1 fully saturated rings. The first kappa shape index (κ1) is 24.3. The number of hydrogen-bond donors (Lipinski definition) is 3. The van der Waals surface area contributed by atoms with Crippen molar-refractivity contribution in [3.63, 3.8) is 0 Å². The Labute approximate surface area is 206 Å². The van der Waals surface area contributed by atoms with Crippen molar-refractivity contribution in [3.8, 4) is 5.75 Å². The molecule has 1 amide bonds. The van der Waals surface area contributed by atoms with E-state index in [-0.39, 0.29) is 42.1 Å². The van der Waals surface area contributed by atoms with E-state index in [1.807, 2.05) is 49.4 Å². The highest BCUT2D eigenvalue weighted by Crippen LogP contribution is 2.27. The van der Waals surface area contributed by atoms with E-state index < -0.39 is 0 Å². The standard InChI is InChI=1S/C24H30N4O3.HI/c1-2-25-24(27-16-20-14-18-8-3-4-10-21(18)31-20)26-15-17-7-5-9-19(13-17)28-23(29)22-11-6-12-30-22;/h3-5,7-10,13,20,22H,2,6,11-12,14-16H2,1H3,(H,28,29)(H2,25,26,27);1H. The van der Waals surface area contributed by atoms with E-state index in [0.29, 0.717) is 19.7 Å². The van der Waals surface area contributed by atoms with Crippen LogP contribution in [0.4, 0.5) is 5.69 Å². The van der Waals surface area contributed by atoms with Gasteiger partial charge in [-0.1, -0.05) is 30.3 Å². The number of hydrogen-bond acceptors (Lipinski definition) is 4. The van der Waals surface area contributed by atoms with Crippen molar-refractivity contribution in [2.75, 3.05) is 25.0 Å². The topological polar surface area (TPSA) is 84.0 Å². The van der Waals surface area contributed by atoms with Gasteiger partial charge in [-0.3, -0.25) is 4.79 Å². The number of fused-ring (bicyclic) bond motifs is 1. The third kappa shape index (κ3) is 6.59. The Morgan fingerprint density at radius 3 is 2.81 bits per heavy atom. The zero-order valence-corrected chi connectivity index (χ0v) is 20.6. The maximum Gasteiger partial charge on any atom is 0.253 e. The minimum absolute atomic E-state index is 0. The van der Waals surface area contributed by atoms with Crippen molar-refractivity contribution in [1.29, 1.82) is 0 Å². The van der Waals surface area contributed by atoms with E-state index in [2.05, 4.69) is 22.0 Å². The number of aliphatic imine (C=N–C) groups is 1. The minimum Gasteiger partial charge on any atom is -0.488 e. The van der Waals surface area contributed by atoms with Gasteiger partial charge in [0.25, 0.3) is 5.91 Å². The average molecular weight is 550 g/mol. The zero-order valence-electron chi connectivity index (χ0n) is 18.3. The molecule has 0 bridgehead atoms. The van der Waals surface area contributed by atoms with Crippen molar-refractivity contribution < 1.29 is 14.3 Å². The average Bonchev–Trinajstić information content (AvgIpc) is 3.46. The molecule has 0 aliphatic carbocycles. The molecule has 0 saturated carbocycles. The molecular formula is C24H31IN4O3. The number of rotatable bonds is 7. The molecule has 3 N–H and O–H groups in total. The lowest BCUT2D eigenvalue weighted by Gasteiger charge is -2.15. The lowest BCUT2D eigenvalue weighted by atomic mass is 10.1. The fourth-order valence-corrected chi connectivity index (χ4v) is 3.85. The predicted octanol–water partition coefficient (Wildman–Crippen LogP) is 3.48. The third-order valence-corrected chi connectivity index (χ3v) is 5.39. The molecule has 0 spiro atoms. The van der Waals surface area contributed by atoms with Crippen LogP contribution in [0.15, 0.2) is 53.5 Å². The molecule has 0 radical (unpaired) electrons. The number of carbonyl (C=O) groups excluding carboxylic acids is 1. The molecule has 2 heterocycles. The highest BCUT2D eigenvalue weighted by molar-refractivity contribution is 14.0. The number of halogens is 1. The van der Waals surface area contributed by atoms with E-state index in [4.69, 9.17) is 14.5 Å². The smallest absolute Gasteiger partial charge is 0.253 e. The van der Waals surface area contributed by atoms with Crippen molar-refractivity contribution in [2.24, 2.45) is 4.99 Å². The molecule has 2 aliphatic heterocycles. The maximum atomic E-state index is 12.3. The number of nitrogens with zero attached hydrogens (tertiary/aromatic N) is 1. The molecule has 1 saturated heterocycles. The Bertz CT molecular complexity index is 906. The molecule has 32 heavy (non-hydrogen) atoms. The molecule has 8 heteroatoms. The monoisotopic (exact) mass is 550 g/mol. The summed E-state index contributed by atoms with van der Waals surface area (Å²) in [5.74, 6) is 1.64. The van der Waals surface area contributed by atoms with Crippen LogP contribution < -0.4 is 20.7 Å². The van der Waals surface area contributed by atoms with Crippen LogP contribution in [0.1, 0.15) is 30.9 Å². The molecule has 2 aliphatic rings. The summed E-state index contributed by atoms with van der Waals surface area (Å²) < 4.78 is 11.4. The van der Waals surface area contributed by atoms with Crippen LogP contribution in [0.2, 0.25) is 0 Å². The summed E-state index contributed by atoms with van der Waals surface area (Å²) in [5.41, 5.74) is 3.04. The van der Waals surface area contributed by atoms with Gasteiger partial charge in [0, 0.05) is 25.3 Å². The molecule has 2 unspecified atom stereocenters. The predicted molar refractivity (Wildman–Crippen MR) is 137 cm³/mol. The highest BCUT2D eigenvalue weighted by atomic mass is 127. The Kier molecular flexibility index (Phi) is 9.16. The van der Waals surface area contributed by atoms with Crippen LogP contribution in [-0.2, 0) is 22.5 Å². The summed E-state index contributed by atoms with van der Waals surface area (Å²) >= 11 is 0. The van der Waals surface area contributed by atoms with E-state index in [1.165, 1.54) is 5.56 Å². The third-order valence-electron chi connectivity index (χ3n) is 5.39. The zero-order chi connectivity index (χ0) is 21.5. The number of nitrogens with one attached hydrogen (secondary N) is 3. The van der Waals surface area contributed by atoms with Crippen LogP contribution >= 0.6 is 24.0 Å². The van der Waals surface area contributed by atoms with Gasteiger partial charge >= 0.3 is 0 Å². The summed E-state index contributed by atoms with van der Waals surface area (Å²) in [5, 5.41) is 9.61. The van der Waals surface area contributed by atoms with Gasteiger partial charge in [-0.25, -0.2) is 4.99 Å². The first-order valence-corrected chi connectivity index (χ1v) is 11.0. The quantitative estimate of drug-likeness (QED) is 0.280. The molecule has 2 aromatic carbocycles. The number of guanidine groups is 1. The summed E-state index contributed by atoms with van der Waals surface area (Å²) in [6, 6.07) is 15.9. The van der Waals surface area contributed by atoms with Crippen LogP contribution in [0, 0.1) is 0 Å². The molecule has 7 nitrogen and oxygen atoms in total. The van der Waals surface area contributed by atoms with Crippen LogP contribution in [-0.4, -0.2) is 43.8 Å². The van der Waals surface area contributed by atoms with E-state index in [0.717, 1.165) is 48.8 Å². The SMILES string of the molecule is CCNC(=NCc1cccc(NC(=O)C2CCCO2)c1)NCC1Cc2ccccc2O1.I. The fourth-order valence-electron chi connectivity index (χ4n) is 3.85. The lowest BCUT2D eigenvalue weighted by molar-refractivity contribution is -0.124. The molecule has 0 aromatic heterocycles. The molecule has 4 rings (SSSR count). The van der Waals surface area contributed by atoms with Gasteiger partial charge in [0.2, 0.25) is 0 Å². The second kappa shape index (κ2) is 12.1. The summed E-state index contributed by atoms with van der Waals surface area (Å²) in [6.45, 7) is 4.66. The minimum atomic E-state index is -0.338. The molecule has 2 aromatic rings. The number of benzene rings is 2. The van der Waals surface area contributed by atoms with Crippen molar-refractivity contribution in [3.05, 3.63) is 59.7 Å². The van der Waals surface area contributed by atoms with Crippen molar-refractivity contribution in [1.82, 2.24) is 10.6 Å². The van der Waals surface area contributed by atoms with Crippen molar-refractivity contribution >= 4 is 41.5 Å². The number of carbonyl (C=O) groups is 1. The van der Waals surface area contributed by atoms with Crippen LogP contribution in [0.25, 0.3) is 0 Å². The Balaban J connectivity index is 0.00000289. The number of para-hydroxylation sites is 1. The van der Waals surface area contributed by atoms with Crippen molar-refractivity contribution in [2.45, 2.75) is 44.9 Å². The number of anilines is 1. The van der Waals surface area contributed by atoms with Gasteiger partial charge in [-0.2, -0.15) is 0 Å². The summed E-state index contributed by atoms with van der Waals surface area (Å²) in [6.07, 6.45) is 2.37. The van der Waals surface area contributed by atoms with Gasteiger partial charge in [-0.15, -0.1) is 24.0 Å². The Morgan fingerprint density at radius 1 is 1.16 bits per heavy atom. The first-order valence-electron chi connectivity index (χ1n) is 11.0. The molecule has 172 valence electrons. The van der Waals surface area contributed by atoms with Gasteiger partial charge in [0.15, 0.2) is 5.96 Å². The van der Waals surface area contributed by atoms with E-state index >= 15 is 0 Å². The second-order valence-corrected chi connectivity index (χ2v) is 7.82.